The molecule has 11 heavy (non-hydrogen) atoms. The summed E-state index contributed by atoms with van der Waals surface area (Å²) in [5.41, 5.74) is 0. The molecule has 60 valence electrons. The average molecular weight is 219 g/mol. The molecule has 0 aromatic rings. The zero-order valence-corrected chi connectivity index (χ0v) is 7.75. The Kier molecular flexibility index (Phi) is 2.08. The molecular weight excluding hydrogens is 212 g/mol. The Labute approximate surface area is 72.4 Å². The summed E-state index contributed by atoms with van der Waals surface area (Å²) in [5, 5.41) is 0. The Morgan fingerprint density at radius 3 is 2.64 bits per heavy atom. The number of aliphatic imine (C=N–C) groups is 1. The van der Waals surface area contributed by atoms with E-state index in [0.717, 1.165) is 4.90 Å². The Hall–Kier alpha value is -0.710. The van der Waals surface area contributed by atoms with Crippen LogP contribution in [0.25, 0.3) is 0 Å². The van der Waals surface area contributed by atoms with E-state index in [9.17, 15) is 9.59 Å². The molecule has 0 aromatic heterocycles. The van der Waals surface area contributed by atoms with Gasteiger partial charge in [0.1, 0.15) is 6.04 Å². The van der Waals surface area contributed by atoms with E-state index in [1.807, 2.05) is 0 Å². The van der Waals surface area contributed by atoms with E-state index in [4.69, 9.17) is 0 Å². The Bertz CT molecular complexity index is 249. The predicted octanol–water partition coefficient (Wildman–Crippen LogP) is 0.167. The van der Waals surface area contributed by atoms with Crippen LogP contribution in [0.15, 0.2) is 4.99 Å². The second-order valence-electron chi connectivity index (χ2n) is 2.30. The van der Waals surface area contributed by atoms with Gasteiger partial charge in [0, 0.05) is 7.05 Å². The van der Waals surface area contributed by atoms with Gasteiger partial charge in [-0.05, 0) is 22.9 Å². The summed E-state index contributed by atoms with van der Waals surface area (Å²) in [7, 11) is 1.44. The second-order valence-corrected chi connectivity index (χ2v) is 3.05. The van der Waals surface area contributed by atoms with Crippen molar-refractivity contribution in [2.45, 2.75) is 13.0 Å². The molecule has 0 aromatic carbocycles. The minimum atomic E-state index is -0.452. The van der Waals surface area contributed by atoms with Crippen LogP contribution < -0.4 is 0 Å². The molecule has 2 amide bonds. The first-order chi connectivity index (χ1) is 5.04. The van der Waals surface area contributed by atoms with E-state index >= 15 is 0 Å². The molecule has 0 saturated carbocycles. The van der Waals surface area contributed by atoms with Crippen LogP contribution in [0, 0.1) is 0 Å². The van der Waals surface area contributed by atoms with Gasteiger partial charge < -0.3 is 0 Å². The number of halogens is 1. The van der Waals surface area contributed by atoms with Crippen molar-refractivity contribution in [1.29, 1.82) is 0 Å². The van der Waals surface area contributed by atoms with E-state index in [-0.39, 0.29) is 16.4 Å². The number of carbonyl (C=O) groups is 2. The maximum Gasteiger partial charge on any atom is 0.285 e. The van der Waals surface area contributed by atoms with Crippen LogP contribution >= 0.6 is 15.9 Å². The number of nitrogens with zero attached hydrogens (tertiary/aromatic N) is 2. The zero-order chi connectivity index (χ0) is 8.59. The van der Waals surface area contributed by atoms with Gasteiger partial charge in [0.2, 0.25) is 0 Å². The van der Waals surface area contributed by atoms with Crippen LogP contribution in [-0.2, 0) is 9.59 Å². The highest BCUT2D eigenvalue weighted by atomic mass is 79.9. The number of rotatable bonds is 0. The Morgan fingerprint density at radius 2 is 2.09 bits per heavy atom. The van der Waals surface area contributed by atoms with Crippen molar-refractivity contribution < 1.29 is 9.59 Å². The van der Waals surface area contributed by atoms with Gasteiger partial charge in [0.25, 0.3) is 11.8 Å². The van der Waals surface area contributed by atoms with Crippen LogP contribution in [0.2, 0.25) is 0 Å². The van der Waals surface area contributed by atoms with Crippen molar-refractivity contribution in [3.8, 4) is 0 Å². The first kappa shape index (κ1) is 8.39. The quantitative estimate of drug-likeness (QED) is 0.545. The molecule has 0 saturated heterocycles. The number of likely N-dealkylation sites (N-methyl/N-ethyl adjacent to an activating group) is 1. The van der Waals surface area contributed by atoms with Gasteiger partial charge in [-0.15, -0.1) is 0 Å². The monoisotopic (exact) mass is 218 g/mol. The van der Waals surface area contributed by atoms with Crippen molar-refractivity contribution >= 4 is 32.4 Å². The third-order valence-corrected chi connectivity index (χ3v) is 2.02. The standard InChI is InChI=1S/C6H7BrN2O2/c1-3-5(10)9(2)6(11)4(7)8-3/h3H,1-2H3. The predicted molar refractivity (Wildman–Crippen MR) is 43.6 cm³/mol. The van der Waals surface area contributed by atoms with Gasteiger partial charge in [-0.25, -0.2) is 0 Å². The third-order valence-electron chi connectivity index (χ3n) is 1.48. The van der Waals surface area contributed by atoms with Crippen molar-refractivity contribution in [1.82, 2.24) is 4.90 Å². The molecule has 1 heterocycles. The van der Waals surface area contributed by atoms with Crippen molar-refractivity contribution in [2.24, 2.45) is 4.99 Å². The zero-order valence-electron chi connectivity index (χ0n) is 6.17. The van der Waals surface area contributed by atoms with Gasteiger partial charge >= 0.3 is 0 Å². The number of hydrogen-bond donors (Lipinski definition) is 0. The van der Waals surface area contributed by atoms with Gasteiger partial charge in [-0.1, -0.05) is 0 Å². The lowest BCUT2D eigenvalue weighted by Gasteiger charge is -2.21. The third kappa shape index (κ3) is 1.33. The van der Waals surface area contributed by atoms with Crippen LogP contribution in [0.1, 0.15) is 6.92 Å². The summed E-state index contributed by atoms with van der Waals surface area (Å²) in [4.78, 5) is 26.9. The summed E-state index contributed by atoms with van der Waals surface area (Å²) in [5.74, 6) is -0.647. The number of amides is 2. The summed E-state index contributed by atoms with van der Waals surface area (Å²) < 4.78 is 0.215. The van der Waals surface area contributed by atoms with Gasteiger partial charge in [0.05, 0.1) is 0 Å². The molecule has 0 bridgehead atoms. The Morgan fingerprint density at radius 1 is 1.55 bits per heavy atom. The van der Waals surface area contributed by atoms with Gasteiger partial charge in [-0.3, -0.25) is 19.5 Å². The average Bonchev–Trinajstić information content (AvgIpc) is 1.97. The van der Waals surface area contributed by atoms with Crippen molar-refractivity contribution in [3.05, 3.63) is 0 Å². The van der Waals surface area contributed by atoms with Crippen LogP contribution in [-0.4, -0.2) is 34.4 Å². The van der Waals surface area contributed by atoms with Gasteiger partial charge in [0.15, 0.2) is 4.62 Å². The molecule has 1 rings (SSSR count). The maximum atomic E-state index is 11.1. The van der Waals surface area contributed by atoms with E-state index in [2.05, 4.69) is 20.9 Å². The van der Waals surface area contributed by atoms with Crippen LogP contribution in [0.4, 0.5) is 0 Å². The number of carbonyl (C=O) groups excluding carboxylic acids is 2. The van der Waals surface area contributed by atoms with Crippen molar-refractivity contribution in [2.75, 3.05) is 7.05 Å². The smallest absolute Gasteiger partial charge is 0.278 e. The van der Waals surface area contributed by atoms with Crippen LogP contribution in [0.5, 0.6) is 0 Å². The first-order valence-corrected chi connectivity index (χ1v) is 3.88. The minimum Gasteiger partial charge on any atom is -0.278 e. The molecule has 4 nitrogen and oxygen atoms in total. The van der Waals surface area contributed by atoms with Crippen LogP contribution in [0.3, 0.4) is 0 Å². The first-order valence-electron chi connectivity index (χ1n) is 3.09. The number of hydrogen-bond acceptors (Lipinski definition) is 3. The molecule has 1 atom stereocenters. The summed E-state index contributed by atoms with van der Waals surface area (Å²) in [6.07, 6.45) is 0. The van der Waals surface area contributed by atoms with E-state index in [1.165, 1.54) is 7.05 Å². The minimum absolute atomic E-state index is 0.215. The van der Waals surface area contributed by atoms with Crippen molar-refractivity contribution in [3.63, 3.8) is 0 Å². The Balaban J connectivity index is 3.01. The molecule has 0 fully saturated rings. The second kappa shape index (κ2) is 2.73. The topological polar surface area (TPSA) is 49.7 Å². The fraction of sp³-hybridized carbons (Fsp3) is 0.500. The lowest BCUT2D eigenvalue weighted by molar-refractivity contribution is -0.140. The summed E-state index contributed by atoms with van der Waals surface area (Å²) in [6.45, 7) is 1.65. The highest BCUT2D eigenvalue weighted by molar-refractivity contribution is 9.19. The molecular formula is C6H7BrN2O2. The van der Waals surface area contributed by atoms with E-state index in [0.29, 0.717) is 0 Å². The lowest BCUT2D eigenvalue weighted by atomic mass is 10.2. The molecule has 1 aliphatic rings. The highest BCUT2D eigenvalue weighted by Gasteiger charge is 2.29. The highest BCUT2D eigenvalue weighted by Crippen LogP contribution is 2.09. The largest absolute Gasteiger partial charge is 0.285 e. The number of imide groups is 1. The van der Waals surface area contributed by atoms with E-state index in [1.54, 1.807) is 6.92 Å². The maximum absolute atomic E-state index is 11.1. The lowest BCUT2D eigenvalue weighted by Crippen LogP contribution is -2.45. The molecule has 0 radical (unpaired) electrons. The fourth-order valence-electron chi connectivity index (χ4n) is 0.799. The fourth-order valence-corrected chi connectivity index (χ4v) is 1.37. The molecule has 0 spiro atoms. The SMILES string of the molecule is CC1N=C(Br)C(=O)N(C)C1=O. The summed E-state index contributed by atoms with van der Waals surface area (Å²) in [6, 6.07) is -0.452. The molecule has 5 heteroatoms. The molecule has 0 N–H and O–H groups in total. The van der Waals surface area contributed by atoms with Gasteiger partial charge in [-0.2, -0.15) is 0 Å². The molecule has 0 aliphatic carbocycles. The summed E-state index contributed by atoms with van der Waals surface area (Å²) >= 11 is 2.97. The van der Waals surface area contributed by atoms with E-state index < -0.39 is 6.04 Å². The molecule has 1 unspecified atom stereocenters. The normalized spacial score (nSPS) is 25.5. The molecule has 1 aliphatic heterocycles.